The number of sulfonamides is 1. The smallest absolute Gasteiger partial charge is 0.269 e. The van der Waals surface area contributed by atoms with E-state index in [2.05, 4.69) is 8.75 Å². The Kier molecular flexibility index (Phi) is 3.22. The van der Waals surface area contributed by atoms with Gasteiger partial charge >= 0.3 is 0 Å². The van der Waals surface area contributed by atoms with Crippen LogP contribution in [0, 0.1) is 6.92 Å². The summed E-state index contributed by atoms with van der Waals surface area (Å²) >= 11 is 0.880. The molecule has 2 aromatic rings. The number of aryl methyl sites for hydroxylation is 1. The highest BCUT2D eigenvalue weighted by Gasteiger charge is 2.40. The largest absolute Gasteiger partial charge is 0.504 e. The van der Waals surface area contributed by atoms with Crippen molar-refractivity contribution < 1.29 is 13.5 Å². The summed E-state index contributed by atoms with van der Waals surface area (Å²) in [5, 5.41) is 10.4. The van der Waals surface area contributed by atoms with Crippen LogP contribution < -0.4 is 4.31 Å². The van der Waals surface area contributed by atoms with Crippen molar-refractivity contribution in [3.8, 4) is 0 Å². The second kappa shape index (κ2) is 4.81. The molecule has 1 aromatic heterocycles. The number of rotatable bonds is 2. The van der Waals surface area contributed by atoms with Gasteiger partial charge in [0.15, 0.2) is 17.3 Å². The van der Waals surface area contributed by atoms with Crippen molar-refractivity contribution in [3.63, 3.8) is 0 Å². The van der Waals surface area contributed by atoms with Crippen molar-refractivity contribution in [2.24, 2.45) is 0 Å². The first kappa shape index (κ1) is 14.0. The SMILES string of the molecule is CCN1c2nsnc2C(O)=C(c2ccccc2C)S1(=O)=O. The number of aliphatic hydroxyl groups excluding tert-OH is 1. The fourth-order valence-corrected chi connectivity index (χ4v) is 4.73. The van der Waals surface area contributed by atoms with Gasteiger partial charge in [-0.25, -0.2) is 12.7 Å². The number of hydrogen-bond acceptors (Lipinski definition) is 6. The lowest BCUT2D eigenvalue weighted by Crippen LogP contribution is -2.35. The van der Waals surface area contributed by atoms with E-state index in [-0.39, 0.29) is 28.7 Å². The first-order chi connectivity index (χ1) is 9.98. The van der Waals surface area contributed by atoms with Gasteiger partial charge in [-0.3, -0.25) is 0 Å². The maximum absolute atomic E-state index is 12.8. The molecule has 0 aliphatic carbocycles. The van der Waals surface area contributed by atoms with Crippen LogP contribution in [0.25, 0.3) is 10.7 Å². The molecular weight excluding hydrogens is 310 g/mol. The summed E-state index contributed by atoms with van der Waals surface area (Å²) in [6.07, 6.45) is 0. The summed E-state index contributed by atoms with van der Waals surface area (Å²) in [4.78, 5) is -0.109. The number of aliphatic hydroxyl groups is 1. The van der Waals surface area contributed by atoms with Gasteiger partial charge in [-0.1, -0.05) is 24.3 Å². The second-order valence-electron chi connectivity index (χ2n) is 4.60. The van der Waals surface area contributed by atoms with Gasteiger partial charge < -0.3 is 5.11 Å². The maximum Gasteiger partial charge on any atom is 0.269 e. The summed E-state index contributed by atoms with van der Waals surface area (Å²) in [7, 11) is -3.86. The van der Waals surface area contributed by atoms with E-state index < -0.39 is 10.0 Å². The highest BCUT2D eigenvalue weighted by Crippen LogP contribution is 2.41. The molecule has 21 heavy (non-hydrogen) atoms. The summed E-state index contributed by atoms with van der Waals surface area (Å²) < 4.78 is 34.8. The first-order valence-corrected chi connectivity index (χ1v) is 8.50. The fraction of sp³-hybridized carbons (Fsp3) is 0.231. The van der Waals surface area contributed by atoms with E-state index in [1.807, 2.05) is 6.07 Å². The molecule has 0 bridgehead atoms. The monoisotopic (exact) mass is 323 g/mol. The second-order valence-corrected chi connectivity index (χ2v) is 6.93. The zero-order valence-electron chi connectivity index (χ0n) is 11.4. The van der Waals surface area contributed by atoms with E-state index in [1.165, 1.54) is 4.31 Å². The summed E-state index contributed by atoms with van der Waals surface area (Å²) in [5.41, 5.74) is 1.47. The third kappa shape index (κ3) is 1.94. The van der Waals surface area contributed by atoms with Crippen LogP contribution in [0.1, 0.15) is 23.7 Å². The Bertz CT molecular complexity index is 840. The number of nitrogens with zero attached hydrogens (tertiary/aromatic N) is 3. The quantitative estimate of drug-likeness (QED) is 0.917. The molecule has 0 atom stereocenters. The van der Waals surface area contributed by atoms with Gasteiger partial charge in [-0.05, 0) is 19.4 Å². The number of fused-ring (bicyclic) bond motifs is 1. The summed E-state index contributed by atoms with van der Waals surface area (Å²) in [6.45, 7) is 3.75. The first-order valence-electron chi connectivity index (χ1n) is 6.33. The van der Waals surface area contributed by atoms with Crippen molar-refractivity contribution >= 4 is 38.2 Å². The topological polar surface area (TPSA) is 83.4 Å². The Hall–Kier alpha value is -1.93. The molecule has 1 aromatic carbocycles. The van der Waals surface area contributed by atoms with Crippen LogP contribution in [-0.2, 0) is 10.0 Å². The van der Waals surface area contributed by atoms with Crippen molar-refractivity contribution in [1.29, 1.82) is 0 Å². The van der Waals surface area contributed by atoms with Crippen molar-refractivity contribution in [3.05, 3.63) is 41.1 Å². The third-order valence-electron chi connectivity index (χ3n) is 3.37. The van der Waals surface area contributed by atoms with E-state index in [9.17, 15) is 13.5 Å². The fourth-order valence-electron chi connectivity index (χ4n) is 2.36. The summed E-state index contributed by atoms with van der Waals surface area (Å²) in [6, 6.07) is 7.04. The molecule has 1 aliphatic rings. The molecule has 2 heterocycles. The summed E-state index contributed by atoms with van der Waals surface area (Å²) in [5.74, 6) is -0.143. The molecule has 3 rings (SSSR count). The van der Waals surface area contributed by atoms with Crippen LogP contribution >= 0.6 is 11.7 Å². The molecule has 0 saturated heterocycles. The predicted octanol–water partition coefficient (Wildman–Crippen LogP) is 2.40. The Labute approximate surface area is 126 Å². The Morgan fingerprint density at radius 2 is 2.00 bits per heavy atom. The van der Waals surface area contributed by atoms with Gasteiger partial charge in [0.25, 0.3) is 10.0 Å². The molecule has 0 unspecified atom stereocenters. The van der Waals surface area contributed by atoms with Gasteiger partial charge in [-0.2, -0.15) is 8.75 Å². The zero-order valence-corrected chi connectivity index (χ0v) is 13.1. The minimum atomic E-state index is -3.86. The van der Waals surface area contributed by atoms with E-state index in [0.29, 0.717) is 5.56 Å². The molecule has 0 amide bonds. The number of hydrogen-bond donors (Lipinski definition) is 1. The van der Waals surface area contributed by atoms with Gasteiger partial charge in [-0.15, -0.1) is 0 Å². The number of anilines is 1. The average Bonchev–Trinajstić information content (AvgIpc) is 2.90. The van der Waals surface area contributed by atoms with E-state index in [1.54, 1.807) is 32.0 Å². The predicted molar refractivity (Wildman–Crippen MR) is 82.5 cm³/mol. The standard InChI is InChI=1S/C13H13N3O3S2/c1-3-16-13-10(14-20-15-13)11(17)12(21(16,18)19)9-7-5-4-6-8(9)2/h4-7,17H,3H2,1-2H3. The van der Waals surface area contributed by atoms with E-state index >= 15 is 0 Å². The lowest BCUT2D eigenvalue weighted by molar-refractivity contribution is 0.510. The van der Waals surface area contributed by atoms with Crippen LogP contribution in [0.4, 0.5) is 5.82 Å². The molecule has 0 fully saturated rings. The molecule has 0 radical (unpaired) electrons. The van der Waals surface area contributed by atoms with Crippen LogP contribution in [0.2, 0.25) is 0 Å². The molecule has 8 heteroatoms. The molecule has 0 saturated carbocycles. The van der Waals surface area contributed by atoms with Crippen LogP contribution in [0.15, 0.2) is 24.3 Å². The number of benzene rings is 1. The average molecular weight is 323 g/mol. The molecule has 1 aliphatic heterocycles. The third-order valence-corrected chi connectivity index (χ3v) is 5.83. The Morgan fingerprint density at radius 3 is 2.67 bits per heavy atom. The van der Waals surface area contributed by atoms with Crippen LogP contribution in [0.5, 0.6) is 0 Å². The number of aromatic nitrogens is 2. The van der Waals surface area contributed by atoms with Crippen LogP contribution in [-0.4, -0.2) is 28.8 Å². The molecule has 0 spiro atoms. The highest BCUT2D eigenvalue weighted by molar-refractivity contribution is 8.02. The van der Waals surface area contributed by atoms with Gasteiger partial charge in [0.05, 0.1) is 11.7 Å². The van der Waals surface area contributed by atoms with Gasteiger partial charge in [0.2, 0.25) is 0 Å². The van der Waals surface area contributed by atoms with Gasteiger partial charge in [0.1, 0.15) is 4.91 Å². The van der Waals surface area contributed by atoms with Gasteiger partial charge in [0, 0.05) is 12.1 Å². The minimum absolute atomic E-state index is 0.109. The molecule has 110 valence electrons. The van der Waals surface area contributed by atoms with Crippen molar-refractivity contribution in [2.45, 2.75) is 13.8 Å². The Morgan fingerprint density at radius 1 is 1.29 bits per heavy atom. The van der Waals surface area contributed by atoms with E-state index in [0.717, 1.165) is 17.3 Å². The minimum Gasteiger partial charge on any atom is -0.504 e. The lowest BCUT2D eigenvalue weighted by atomic mass is 10.1. The van der Waals surface area contributed by atoms with Crippen molar-refractivity contribution in [2.75, 3.05) is 10.8 Å². The normalized spacial score (nSPS) is 17.0. The lowest BCUT2D eigenvalue weighted by Gasteiger charge is -2.27. The Balaban J connectivity index is 2.38. The maximum atomic E-state index is 12.8. The zero-order chi connectivity index (χ0) is 15.2. The van der Waals surface area contributed by atoms with Crippen molar-refractivity contribution in [1.82, 2.24) is 8.75 Å². The van der Waals surface area contributed by atoms with E-state index in [4.69, 9.17) is 0 Å². The molecular formula is C13H13N3O3S2. The molecule has 6 nitrogen and oxygen atoms in total. The van der Waals surface area contributed by atoms with Crippen LogP contribution in [0.3, 0.4) is 0 Å². The molecule has 1 N–H and O–H groups in total. The highest BCUT2D eigenvalue weighted by atomic mass is 32.2.